The van der Waals surface area contributed by atoms with Gasteiger partial charge in [-0.15, -0.1) is 11.3 Å². The second kappa shape index (κ2) is 6.24. The van der Waals surface area contributed by atoms with Crippen LogP contribution >= 0.6 is 11.3 Å². The van der Waals surface area contributed by atoms with E-state index in [1.807, 2.05) is 30.3 Å². The van der Waals surface area contributed by atoms with Crippen molar-refractivity contribution >= 4 is 48.8 Å². The molecule has 2 heterocycles. The number of carbonyl (C=O) groups is 2. The number of benzene rings is 3. The van der Waals surface area contributed by atoms with Crippen molar-refractivity contribution in [3.05, 3.63) is 76.9 Å². The number of anilines is 1. The Hall–Kier alpha value is -3.02. The van der Waals surface area contributed by atoms with Gasteiger partial charge in [0.15, 0.2) is 11.6 Å². The summed E-state index contributed by atoms with van der Waals surface area (Å²) in [7, 11) is 0. The molecule has 6 rings (SSSR count). The number of hydrogen-bond donors (Lipinski definition) is 0. The molecule has 0 saturated carbocycles. The fourth-order valence-electron chi connectivity index (χ4n) is 4.53. The summed E-state index contributed by atoms with van der Waals surface area (Å²) < 4.78 is 7.69. The normalized spacial score (nSPS) is 16.3. The SMILES string of the molecule is O=C1c2ccccc2C(=O)c2c1c(N1CCOCC1)cc1sc3ccccc3c21. The molecule has 29 heavy (non-hydrogen) atoms. The molecule has 0 radical (unpaired) electrons. The van der Waals surface area contributed by atoms with Crippen LogP contribution in [-0.4, -0.2) is 37.9 Å². The van der Waals surface area contributed by atoms with E-state index >= 15 is 0 Å². The van der Waals surface area contributed by atoms with Crippen LogP contribution in [0.2, 0.25) is 0 Å². The first-order valence-corrected chi connectivity index (χ1v) is 10.5. The molecule has 1 aromatic heterocycles. The van der Waals surface area contributed by atoms with Crippen LogP contribution in [0.1, 0.15) is 31.8 Å². The molecule has 0 spiro atoms. The third-order valence-corrected chi connectivity index (χ3v) is 6.99. The van der Waals surface area contributed by atoms with Gasteiger partial charge in [-0.2, -0.15) is 0 Å². The van der Waals surface area contributed by atoms with Crippen molar-refractivity contribution in [1.82, 2.24) is 0 Å². The van der Waals surface area contributed by atoms with E-state index in [4.69, 9.17) is 4.74 Å². The molecular weight excluding hydrogens is 382 g/mol. The average Bonchev–Trinajstić information content (AvgIpc) is 3.15. The van der Waals surface area contributed by atoms with Crippen LogP contribution < -0.4 is 4.90 Å². The molecule has 5 heteroatoms. The van der Waals surface area contributed by atoms with Crippen molar-refractivity contribution in [2.75, 3.05) is 31.2 Å². The van der Waals surface area contributed by atoms with Gasteiger partial charge in [-0.3, -0.25) is 9.59 Å². The lowest BCUT2D eigenvalue weighted by atomic mass is 9.81. The van der Waals surface area contributed by atoms with Crippen LogP contribution in [0.5, 0.6) is 0 Å². The van der Waals surface area contributed by atoms with Crippen molar-refractivity contribution in [1.29, 1.82) is 0 Å². The molecule has 1 aliphatic carbocycles. The summed E-state index contributed by atoms with van der Waals surface area (Å²) in [6.07, 6.45) is 0. The minimum atomic E-state index is -0.0612. The molecule has 1 saturated heterocycles. The van der Waals surface area contributed by atoms with Gasteiger partial charge in [-0.25, -0.2) is 0 Å². The molecular formula is C24H17NO3S. The maximum atomic E-state index is 13.7. The van der Waals surface area contributed by atoms with Crippen LogP contribution in [0.4, 0.5) is 5.69 Å². The lowest BCUT2D eigenvalue weighted by Gasteiger charge is -2.32. The molecule has 142 valence electrons. The van der Waals surface area contributed by atoms with Crippen LogP contribution in [0.3, 0.4) is 0 Å². The highest BCUT2D eigenvalue weighted by Crippen LogP contribution is 2.44. The molecule has 1 fully saturated rings. The summed E-state index contributed by atoms with van der Waals surface area (Å²) in [6.45, 7) is 2.67. The predicted molar refractivity (Wildman–Crippen MR) is 116 cm³/mol. The molecule has 0 atom stereocenters. The maximum absolute atomic E-state index is 13.7. The van der Waals surface area contributed by atoms with Crippen LogP contribution in [-0.2, 0) is 4.74 Å². The van der Waals surface area contributed by atoms with Crippen LogP contribution in [0, 0.1) is 0 Å². The molecule has 2 aliphatic rings. The zero-order chi connectivity index (χ0) is 19.5. The first kappa shape index (κ1) is 16.9. The van der Waals surface area contributed by atoms with Crippen molar-refractivity contribution in [3.8, 4) is 0 Å². The number of ether oxygens (including phenoxy) is 1. The van der Waals surface area contributed by atoms with Gasteiger partial charge < -0.3 is 9.64 Å². The van der Waals surface area contributed by atoms with Gasteiger partial charge in [-0.1, -0.05) is 42.5 Å². The van der Waals surface area contributed by atoms with Gasteiger partial charge in [-0.05, 0) is 12.1 Å². The molecule has 3 aromatic carbocycles. The highest BCUT2D eigenvalue weighted by atomic mass is 32.1. The summed E-state index contributed by atoms with van der Waals surface area (Å²) in [5.41, 5.74) is 2.96. The van der Waals surface area contributed by atoms with Crippen LogP contribution in [0.25, 0.3) is 20.2 Å². The van der Waals surface area contributed by atoms with Crippen molar-refractivity contribution in [3.63, 3.8) is 0 Å². The minimum absolute atomic E-state index is 0.0566. The zero-order valence-corrected chi connectivity index (χ0v) is 16.4. The number of nitrogens with zero attached hydrogens (tertiary/aromatic N) is 1. The Balaban J connectivity index is 1.75. The molecule has 0 N–H and O–H groups in total. The second-order valence-corrected chi connectivity index (χ2v) is 8.50. The van der Waals surface area contributed by atoms with Gasteiger partial charge in [0.05, 0.1) is 24.5 Å². The molecule has 0 amide bonds. The van der Waals surface area contributed by atoms with Crippen molar-refractivity contribution in [2.45, 2.75) is 0 Å². The highest BCUT2D eigenvalue weighted by Gasteiger charge is 2.35. The fraction of sp³-hybridized carbons (Fsp3) is 0.167. The lowest BCUT2D eigenvalue weighted by Crippen LogP contribution is -2.38. The smallest absolute Gasteiger partial charge is 0.196 e. The van der Waals surface area contributed by atoms with Crippen LogP contribution in [0.15, 0.2) is 54.6 Å². The first-order valence-electron chi connectivity index (χ1n) is 9.73. The molecule has 0 bridgehead atoms. The molecule has 4 aromatic rings. The predicted octanol–water partition coefficient (Wildman–Crippen LogP) is 4.67. The highest BCUT2D eigenvalue weighted by molar-refractivity contribution is 7.26. The fourth-order valence-corrected chi connectivity index (χ4v) is 5.68. The summed E-state index contributed by atoms with van der Waals surface area (Å²) in [5.74, 6) is -0.118. The Morgan fingerprint density at radius 3 is 2.21 bits per heavy atom. The first-order chi connectivity index (χ1) is 14.2. The number of rotatable bonds is 1. The second-order valence-electron chi connectivity index (χ2n) is 7.42. The summed E-state index contributed by atoms with van der Waals surface area (Å²) in [6, 6.07) is 17.4. The Morgan fingerprint density at radius 1 is 0.793 bits per heavy atom. The van der Waals surface area contributed by atoms with Crippen molar-refractivity contribution in [2.24, 2.45) is 0 Å². The largest absolute Gasteiger partial charge is 0.378 e. The third-order valence-electron chi connectivity index (χ3n) is 5.87. The third kappa shape index (κ3) is 2.35. The Labute approximate surface area is 171 Å². The number of morpholine rings is 1. The standard InChI is InChI=1S/C24H17NO3S/c26-23-14-5-1-2-6-15(14)24(27)22-20-16-7-3-4-8-18(16)29-19(20)13-17(21(22)23)25-9-11-28-12-10-25/h1-8,13H,9-12H2. The lowest BCUT2D eigenvalue weighted by molar-refractivity contribution is 0.0979. The topological polar surface area (TPSA) is 46.6 Å². The number of fused-ring (bicyclic) bond motifs is 6. The van der Waals surface area contributed by atoms with Gasteiger partial charge in [0.25, 0.3) is 0 Å². The summed E-state index contributed by atoms with van der Waals surface area (Å²) in [4.78, 5) is 29.5. The Kier molecular flexibility index (Phi) is 3.63. The number of hydrogen-bond acceptors (Lipinski definition) is 5. The van der Waals surface area contributed by atoms with E-state index in [1.165, 1.54) is 0 Å². The Morgan fingerprint density at radius 2 is 1.45 bits per heavy atom. The van der Waals surface area contributed by atoms with E-state index in [9.17, 15) is 9.59 Å². The van der Waals surface area contributed by atoms with Gasteiger partial charge in [0.2, 0.25) is 0 Å². The summed E-state index contributed by atoms with van der Waals surface area (Å²) in [5, 5.41) is 1.95. The molecule has 0 unspecified atom stereocenters. The zero-order valence-electron chi connectivity index (χ0n) is 15.6. The van der Waals surface area contributed by atoms with E-state index in [0.29, 0.717) is 48.6 Å². The molecule has 1 aliphatic heterocycles. The van der Waals surface area contributed by atoms with Gasteiger partial charge in [0, 0.05) is 50.0 Å². The van der Waals surface area contributed by atoms with Gasteiger partial charge in [0.1, 0.15) is 0 Å². The Bertz CT molecular complexity index is 1330. The van der Waals surface area contributed by atoms with E-state index in [-0.39, 0.29) is 11.6 Å². The van der Waals surface area contributed by atoms with Crippen molar-refractivity contribution < 1.29 is 14.3 Å². The van der Waals surface area contributed by atoms with E-state index < -0.39 is 0 Å². The van der Waals surface area contributed by atoms with E-state index in [2.05, 4.69) is 17.0 Å². The summed E-state index contributed by atoms with van der Waals surface area (Å²) >= 11 is 1.68. The van der Waals surface area contributed by atoms with Gasteiger partial charge >= 0.3 is 0 Å². The average molecular weight is 399 g/mol. The van der Waals surface area contributed by atoms with E-state index in [0.717, 1.165) is 25.9 Å². The maximum Gasteiger partial charge on any atom is 0.196 e. The minimum Gasteiger partial charge on any atom is -0.378 e. The quantitative estimate of drug-likeness (QED) is 0.411. The van der Waals surface area contributed by atoms with E-state index in [1.54, 1.807) is 23.5 Å². The molecule has 4 nitrogen and oxygen atoms in total. The number of ketones is 2. The number of thiophene rings is 1. The monoisotopic (exact) mass is 399 g/mol. The number of carbonyl (C=O) groups excluding carboxylic acids is 2.